The number of fused-ring (bicyclic) bond motifs is 1. The third-order valence-corrected chi connectivity index (χ3v) is 4.68. The van der Waals surface area contributed by atoms with Gasteiger partial charge in [0.15, 0.2) is 0 Å². The van der Waals surface area contributed by atoms with Gasteiger partial charge in [-0.15, -0.1) is 0 Å². The van der Waals surface area contributed by atoms with Gasteiger partial charge in [0.05, 0.1) is 0 Å². The zero-order valence-corrected chi connectivity index (χ0v) is 11.5. The summed E-state index contributed by atoms with van der Waals surface area (Å²) in [5, 5.41) is -0.986. The molecule has 104 valence electrons. The lowest BCUT2D eigenvalue weighted by Crippen LogP contribution is -2.36. The SMILES string of the molecule is O=S(=O)(O)C1Cc2ccccc2OC1c1ccccc1. The first kappa shape index (κ1) is 13.1. The van der Waals surface area contributed by atoms with E-state index in [0.717, 1.165) is 11.1 Å². The standard InChI is InChI=1S/C15H14O4S/c16-20(17,18)14-10-12-8-4-5-9-13(12)19-15(14)11-6-2-1-3-7-11/h1-9,14-15H,10H2,(H,16,17,18). The van der Waals surface area contributed by atoms with Crippen LogP contribution in [0.3, 0.4) is 0 Å². The van der Waals surface area contributed by atoms with Gasteiger partial charge in [-0.25, -0.2) is 0 Å². The average molecular weight is 290 g/mol. The number of benzene rings is 2. The van der Waals surface area contributed by atoms with E-state index in [1.807, 2.05) is 42.5 Å². The van der Waals surface area contributed by atoms with Gasteiger partial charge in [0.2, 0.25) is 0 Å². The van der Waals surface area contributed by atoms with Gasteiger partial charge in [-0.2, -0.15) is 8.42 Å². The number of hydrogen-bond acceptors (Lipinski definition) is 3. The van der Waals surface area contributed by atoms with E-state index in [9.17, 15) is 13.0 Å². The van der Waals surface area contributed by atoms with Crippen molar-refractivity contribution in [2.24, 2.45) is 0 Å². The molecule has 5 heteroatoms. The summed E-state index contributed by atoms with van der Waals surface area (Å²) in [6.45, 7) is 0. The van der Waals surface area contributed by atoms with E-state index in [0.29, 0.717) is 5.75 Å². The Morgan fingerprint density at radius 3 is 2.35 bits per heavy atom. The lowest BCUT2D eigenvalue weighted by molar-refractivity contribution is 0.175. The normalized spacial score (nSPS) is 21.9. The molecule has 0 spiro atoms. The van der Waals surface area contributed by atoms with Gasteiger partial charge in [0.25, 0.3) is 10.1 Å². The van der Waals surface area contributed by atoms with E-state index in [4.69, 9.17) is 4.74 Å². The molecule has 0 bridgehead atoms. The quantitative estimate of drug-likeness (QED) is 0.864. The summed E-state index contributed by atoms with van der Waals surface area (Å²) < 4.78 is 38.6. The van der Waals surface area contributed by atoms with Crippen LogP contribution >= 0.6 is 0 Å². The van der Waals surface area contributed by atoms with Gasteiger partial charge < -0.3 is 4.74 Å². The first-order valence-electron chi connectivity index (χ1n) is 6.31. The predicted octanol–water partition coefficient (Wildman–Crippen LogP) is 2.62. The molecule has 0 amide bonds. The summed E-state index contributed by atoms with van der Waals surface area (Å²) in [6, 6.07) is 16.4. The number of rotatable bonds is 2. The summed E-state index contributed by atoms with van der Waals surface area (Å²) in [5.74, 6) is 0.668. The van der Waals surface area contributed by atoms with Crippen LogP contribution in [-0.4, -0.2) is 18.2 Å². The Morgan fingerprint density at radius 1 is 1.00 bits per heavy atom. The first-order valence-corrected chi connectivity index (χ1v) is 7.82. The van der Waals surface area contributed by atoms with Crippen LogP contribution in [0, 0.1) is 0 Å². The smallest absolute Gasteiger partial charge is 0.272 e. The Morgan fingerprint density at radius 2 is 1.65 bits per heavy atom. The molecule has 0 radical (unpaired) electrons. The third-order valence-electron chi connectivity index (χ3n) is 3.50. The number of para-hydroxylation sites is 1. The molecule has 0 fully saturated rings. The molecular weight excluding hydrogens is 276 g/mol. The zero-order chi connectivity index (χ0) is 14.2. The minimum Gasteiger partial charge on any atom is -0.484 e. The minimum absolute atomic E-state index is 0.245. The topological polar surface area (TPSA) is 63.6 Å². The Balaban J connectivity index is 2.07. The van der Waals surface area contributed by atoms with Crippen LogP contribution in [0.15, 0.2) is 54.6 Å². The molecule has 1 N–H and O–H groups in total. The number of ether oxygens (including phenoxy) is 1. The molecule has 1 heterocycles. The minimum atomic E-state index is -4.19. The van der Waals surface area contributed by atoms with Gasteiger partial charge in [0.1, 0.15) is 17.1 Å². The second kappa shape index (κ2) is 4.92. The van der Waals surface area contributed by atoms with Crippen LogP contribution < -0.4 is 4.74 Å². The second-order valence-electron chi connectivity index (χ2n) is 4.81. The van der Waals surface area contributed by atoms with Crippen molar-refractivity contribution in [3.8, 4) is 5.75 Å². The molecule has 0 aromatic heterocycles. The highest BCUT2D eigenvalue weighted by Gasteiger charge is 2.39. The summed E-state index contributed by atoms with van der Waals surface area (Å²) >= 11 is 0. The van der Waals surface area contributed by atoms with E-state index in [-0.39, 0.29) is 6.42 Å². The Kier molecular flexibility index (Phi) is 3.23. The van der Waals surface area contributed by atoms with Crippen molar-refractivity contribution < 1.29 is 17.7 Å². The van der Waals surface area contributed by atoms with Crippen molar-refractivity contribution in [2.45, 2.75) is 17.8 Å². The molecule has 2 atom stereocenters. The Hall–Kier alpha value is -1.85. The van der Waals surface area contributed by atoms with Crippen molar-refractivity contribution in [1.29, 1.82) is 0 Å². The van der Waals surface area contributed by atoms with E-state index in [1.54, 1.807) is 12.1 Å². The average Bonchev–Trinajstić information content (AvgIpc) is 2.46. The summed E-state index contributed by atoms with van der Waals surface area (Å²) in [5.41, 5.74) is 1.53. The van der Waals surface area contributed by atoms with Gasteiger partial charge in [-0.05, 0) is 23.6 Å². The fraction of sp³-hybridized carbons (Fsp3) is 0.200. The molecular formula is C15H14O4S. The molecule has 0 aliphatic carbocycles. The highest BCUT2D eigenvalue weighted by Crippen LogP contribution is 2.37. The van der Waals surface area contributed by atoms with E-state index >= 15 is 0 Å². The lowest BCUT2D eigenvalue weighted by Gasteiger charge is -2.32. The van der Waals surface area contributed by atoms with Crippen LogP contribution in [0.5, 0.6) is 5.75 Å². The molecule has 4 nitrogen and oxygen atoms in total. The lowest BCUT2D eigenvalue weighted by atomic mass is 9.97. The maximum Gasteiger partial charge on any atom is 0.272 e. The summed E-state index contributed by atoms with van der Waals surface area (Å²) in [7, 11) is -4.19. The van der Waals surface area contributed by atoms with Crippen LogP contribution in [0.4, 0.5) is 0 Å². The molecule has 2 aromatic carbocycles. The van der Waals surface area contributed by atoms with Crippen LogP contribution in [-0.2, 0) is 16.5 Å². The van der Waals surface area contributed by atoms with Gasteiger partial charge >= 0.3 is 0 Å². The molecule has 0 saturated carbocycles. The van der Waals surface area contributed by atoms with E-state index in [2.05, 4.69) is 0 Å². The van der Waals surface area contributed by atoms with Gasteiger partial charge in [0, 0.05) is 0 Å². The van der Waals surface area contributed by atoms with Crippen LogP contribution in [0.2, 0.25) is 0 Å². The molecule has 2 aromatic rings. The predicted molar refractivity (Wildman–Crippen MR) is 75.3 cm³/mol. The summed E-state index contributed by atoms with van der Waals surface area (Å²) in [4.78, 5) is 0. The second-order valence-corrected chi connectivity index (χ2v) is 6.45. The summed E-state index contributed by atoms with van der Waals surface area (Å²) in [6.07, 6.45) is -0.449. The zero-order valence-electron chi connectivity index (χ0n) is 10.6. The highest BCUT2D eigenvalue weighted by atomic mass is 32.2. The maximum atomic E-state index is 11.7. The fourth-order valence-electron chi connectivity index (χ4n) is 2.51. The van der Waals surface area contributed by atoms with E-state index < -0.39 is 21.5 Å². The molecule has 0 saturated heterocycles. The highest BCUT2D eigenvalue weighted by molar-refractivity contribution is 7.86. The molecule has 2 unspecified atom stereocenters. The van der Waals surface area contributed by atoms with Crippen molar-refractivity contribution in [2.75, 3.05) is 0 Å². The number of hydrogen-bond donors (Lipinski definition) is 1. The van der Waals surface area contributed by atoms with Crippen molar-refractivity contribution >= 4 is 10.1 Å². The molecule has 1 aliphatic heterocycles. The largest absolute Gasteiger partial charge is 0.484 e. The molecule has 20 heavy (non-hydrogen) atoms. The maximum absolute atomic E-state index is 11.7. The van der Waals surface area contributed by atoms with Crippen LogP contribution in [0.1, 0.15) is 17.2 Å². The van der Waals surface area contributed by atoms with Crippen molar-refractivity contribution in [3.05, 3.63) is 65.7 Å². The fourth-order valence-corrected chi connectivity index (χ4v) is 3.43. The Bertz CT molecular complexity index is 710. The van der Waals surface area contributed by atoms with Crippen molar-refractivity contribution in [3.63, 3.8) is 0 Å². The molecule has 3 rings (SSSR count). The van der Waals surface area contributed by atoms with E-state index in [1.165, 1.54) is 0 Å². The third kappa shape index (κ3) is 2.42. The monoisotopic (exact) mass is 290 g/mol. The van der Waals surface area contributed by atoms with Gasteiger partial charge in [-0.1, -0.05) is 48.5 Å². The molecule has 1 aliphatic rings. The Labute approximate surface area is 117 Å². The van der Waals surface area contributed by atoms with Crippen molar-refractivity contribution in [1.82, 2.24) is 0 Å². The van der Waals surface area contributed by atoms with Crippen LogP contribution in [0.25, 0.3) is 0 Å². The first-order chi connectivity index (χ1) is 9.55. The van der Waals surface area contributed by atoms with Gasteiger partial charge in [-0.3, -0.25) is 4.55 Å².